The Morgan fingerprint density at radius 1 is 1.14 bits per heavy atom. The molecule has 1 fully saturated rings. The monoisotopic (exact) mass is 421 g/mol. The summed E-state index contributed by atoms with van der Waals surface area (Å²) in [4.78, 5) is 13.1. The number of rotatable bonds is 5. The van der Waals surface area contributed by atoms with Crippen molar-refractivity contribution in [1.82, 2.24) is 15.3 Å². The molecule has 1 amide bonds. The van der Waals surface area contributed by atoms with E-state index >= 15 is 0 Å². The van der Waals surface area contributed by atoms with Gasteiger partial charge in [0.2, 0.25) is 0 Å². The van der Waals surface area contributed by atoms with Gasteiger partial charge in [0.05, 0.1) is 10.5 Å². The first kappa shape index (κ1) is 20.8. The maximum Gasteiger partial charge on any atom is 0.273 e. The number of carbonyl (C=O) groups is 1. The molecule has 8 heteroatoms. The van der Waals surface area contributed by atoms with Crippen molar-refractivity contribution in [3.05, 3.63) is 41.5 Å². The van der Waals surface area contributed by atoms with Crippen molar-refractivity contribution in [3.63, 3.8) is 0 Å². The third-order valence-corrected chi connectivity index (χ3v) is 6.63. The number of amides is 1. The van der Waals surface area contributed by atoms with Crippen molar-refractivity contribution in [3.8, 4) is 0 Å². The maximum atomic E-state index is 13.1. The minimum atomic E-state index is -3.49. The SMILES string of the molecule is CS(=O)(=O)c1ccccc1C(=O)N1CCCN1C(=S)NCCC1=CCCCC1. The summed E-state index contributed by atoms with van der Waals surface area (Å²) in [7, 11) is -3.49. The number of benzene rings is 1. The van der Waals surface area contributed by atoms with Crippen LogP contribution in [0.3, 0.4) is 0 Å². The van der Waals surface area contributed by atoms with Gasteiger partial charge >= 0.3 is 0 Å². The predicted molar refractivity (Wildman–Crippen MR) is 114 cm³/mol. The lowest BCUT2D eigenvalue weighted by molar-refractivity contribution is 0.0488. The molecule has 152 valence electrons. The average Bonchev–Trinajstić information content (AvgIpc) is 3.17. The smallest absolute Gasteiger partial charge is 0.273 e. The van der Waals surface area contributed by atoms with E-state index in [1.807, 2.05) is 0 Å². The van der Waals surface area contributed by atoms with Crippen LogP contribution in [0.5, 0.6) is 0 Å². The second-order valence-electron chi connectivity index (χ2n) is 7.26. The molecule has 0 radical (unpaired) electrons. The number of carbonyl (C=O) groups excluding carboxylic acids is 1. The molecule has 0 aromatic heterocycles. The molecule has 6 nitrogen and oxygen atoms in total. The molecule has 0 atom stereocenters. The molecule has 0 spiro atoms. The lowest BCUT2D eigenvalue weighted by Gasteiger charge is -2.30. The molecule has 2 aliphatic rings. The molecule has 1 aliphatic heterocycles. The van der Waals surface area contributed by atoms with Crippen LogP contribution in [0.4, 0.5) is 0 Å². The second-order valence-corrected chi connectivity index (χ2v) is 9.63. The number of sulfone groups is 1. The Kier molecular flexibility index (Phi) is 6.72. The first-order chi connectivity index (χ1) is 13.4. The van der Waals surface area contributed by atoms with Gasteiger partial charge in [-0.1, -0.05) is 23.8 Å². The molecule has 28 heavy (non-hydrogen) atoms. The number of nitrogens with zero attached hydrogens (tertiary/aromatic N) is 2. The van der Waals surface area contributed by atoms with Crippen molar-refractivity contribution in [1.29, 1.82) is 0 Å². The molecule has 3 rings (SSSR count). The van der Waals surface area contributed by atoms with Gasteiger partial charge in [0.1, 0.15) is 0 Å². The number of hydrogen-bond donors (Lipinski definition) is 1. The number of hydrogen-bond acceptors (Lipinski definition) is 4. The molecule has 1 heterocycles. The first-order valence-corrected chi connectivity index (χ1v) is 12.0. The van der Waals surface area contributed by atoms with Crippen LogP contribution in [-0.4, -0.2) is 55.3 Å². The van der Waals surface area contributed by atoms with E-state index in [0.29, 0.717) is 18.2 Å². The number of thiocarbonyl (C=S) groups is 1. The van der Waals surface area contributed by atoms with Gasteiger partial charge in [-0.15, -0.1) is 0 Å². The normalized spacial score (nSPS) is 17.4. The van der Waals surface area contributed by atoms with Gasteiger partial charge in [-0.2, -0.15) is 0 Å². The molecule has 0 saturated carbocycles. The van der Waals surface area contributed by atoms with Crippen molar-refractivity contribution in [2.24, 2.45) is 0 Å². The summed E-state index contributed by atoms with van der Waals surface area (Å²) >= 11 is 5.52. The third kappa shape index (κ3) is 4.91. The summed E-state index contributed by atoms with van der Waals surface area (Å²) in [5.41, 5.74) is 1.66. The second kappa shape index (κ2) is 9.05. The van der Waals surface area contributed by atoms with Crippen LogP contribution in [0.2, 0.25) is 0 Å². The summed E-state index contributed by atoms with van der Waals surface area (Å²) in [5.74, 6) is -0.335. The number of nitrogens with one attached hydrogen (secondary N) is 1. The first-order valence-electron chi connectivity index (χ1n) is 9.72. The van der Waals surface area contributed by atoms with Crippen LogP contribution in [0.1, 0.15) is 48.9 Å². The van der Waals surface area contributed by atoms with Gasteiger partial charge in [0, 0.05) is 25.9 Å². The Morgan fingerprint density at radius 2 is 1.89 bits per heavy atom. The molecule has 1 aromatic rings. The van der Waals surface area contributed by atoms with E-state index in [4.69, 9.17) is 12.2 Å². The largest absolute Gasteiger partial charge is 0.361 e. The zero-order chi connectivity index (χ0) is 20.1. The number of allylic oxidation sites excluding steroid dienone is 1. The highest BCUT2D eigenvalue weighted by atomic mass is 32.2. The maximum absolute atomic E-state index is 13.1. The lowest BCUT2D eigenvalue weighted by Crippen LogP contribution is -2.49. The minimum absolute atomic E-state index is 0.0509. The fraction of sp³-hybridized carbons (Fsp3) is 0.500. The van der Waals surface area contributed by atoms with Crippen molar-refractivity contribution in [2.75, 3.05) is 25.9 Å². The van der Waals surface area contributed by atoms with Crippen LogP contribution < -0.4 is 5.32 Å². The van der Waals surface area contributed by atoms with Gasteiger partial charge in [-0.05, 0) is 62.9 Å². The summed E-state index contributed by atoms with van der Waals surface area (Å²) in [6.45, 7) is 1.90. The van der Waals surface area contributed by atoms with Crippen molar-refractivity contribution < 1.29 is 13.2 Å². The molecule has 1 saturated heterocycles. The Labute approximate surface area is 172 Å². The topological polar surface area (TPSA) is 69.7 Å². The Hall–Kier alpha value is -1.93. The van der Waals surface area contributed by atoms with Crippen LogP contribution in [0.15, 0.2) is 40.8 Å². The summed E-state index contributed by atoms with van der Waals surface area (Å²) < 4.78 is 24.1. The highest BCUT2D eigenvalue weighted by molar-refractivity contribution is 7.90. The minimum Gasteiger partial charge on any atom is -0.361 e. The highest BCUT2D eigenvalue weighted by Gasteiger charge is 2.31. The predicted octanol–water partition coefficient (Wildman–Crippen LogP) is 2.92. The highest BCUT2D eigenvalue weighted by Crippen LogP contribution is 2.22. The zero-order valence-corrected chi connectivity index (χ0v) is 17.8. The van der Waals surface area contributed by atoms with Crippen LogP contribution >= 0.6 is 12.2 Å². The van der Waals surface area contributed by atoms with E-state index in [1.54, 1.807) is 28.2 Å². The Bertz CT molecular complexity index is 880. The molecular weight excluding hydrogens is 394 g/mol. The lowest BCUT2D eigenvalue weighted by atomic mass is 9.97. The quantitative estimate of drug-likeness (QED) is 0.582. The molecule has 0 bridgehead atoms. The van der Waals surface area contributed by atoms with E-state index < -0.39 is 9.84 Å². The number of hydrazine groups is 1. The van der Waals surface area contributed by atoms with E-state index in [0.717, 1.165) is 38.5 Å². The van der Waals surface area contributed by atoms with E-state index in [9.17, 15) is 13.2 Å². The standard InChI is InChI=1S/C20H27N3O3S2/c1-28(25,26)18-11-6-5-10-17(18)19(24)22-14-7-15-23(22)20(27)21-13-12-16-8-3-2-4-9-16/h5-6,8,10-11H,2-4,7,9,12-15H2,1H3,(H,21,27). The fourth-order valence-corrected chi connectivity index (χ4v) is 4.87. The fourth-order valence-electron chi connectivity index (χ4n) is 3.69. The molecular formula is C20H27N3O3S2. The Morgan fingerprint density at radius 3 is 2.61 bits per heavy atom. The van der Waals surface area contributed by atoms with Crippen molar-refractivity contribution in [2.45, 2.75) is 43.4 Å². The van der Waals surface area contributed by atoms with Gasteiger partial charge < -0.3 is 5.32 Å². The molecule has 1 N–H and O–H groups in total. The Balaban J connectivity index is 1.66. The van der Waals surface area contributed by atoms with E-state index in [1.165, 1.54) is 24.5 Å². The third-order valence-electron chi connectivity index (χ3n) is 5.12. The van der Waals surface area contributed by atoms with Gasteiger partial charge in [-0.25, -0.2) is 13.4 Å². The summed E-state index contributed by atoms with van der Waals surface area (Å²) in [6, 6.07) is 6.33. The van der Waals surface area contributed by atoms with E-state index in [-0.39, 0.29) is 16.4 Å². The van der Waals surface area contributed by atoms with Crippen LogP contribution in [0.25, 0.3) is 0 Å². The molecule has 1 aromatic carbocycles. The average molecular weight is 422 g/mol. The van der Waals surface area contributed by atoms with Gasteiger partial charge in [0.15, 0.2) is 14.9 Å². The van der Waals surface area contributed by atoms with Crippen LogP contribution in [-0.2, 0) is 9.84 Å². The van der Waals surface area contributed by atoms with Crippen LogP contribution in [0, 0.1) is 0 Å². The summed E-state index contributed by atoms with van der Waals surface area (Å²) in [5, 5.41) is 7.08. The van der Waals surface area contributed by atoms with E-state index in [2.05, 4.69) is 11.4 Å². The molecule has 0 unspecified atom stereocenters. The zero-order valence-electron chi connectivity index (χ0n) is 16.2. The summed E-state index contributed by atoms with van der Waals surface area (Å²) in [6.07, 6.45) is 10.0. The van der Waals surface area contributed by atoms with Gasteiger partial charge in [-0.3, -0.25) is 9.80 Å². The molecule has 1 aliphatic carbocycles. The van der Waals surface area contributed by atoms with Gasteiger partial charge in [0.25, 0.3) is 5.91 Å². The van der Waals surface area contributed by atoms with Crippen molar-refractivity contribution >= 4 is 33.1 Å².